The van der Waals surface area contributed by atoms with Crippen molar-refractivity contribution in [1.82, 2.24) is 5.32 Å². The van der Waals surface area contributed by atoms with Crippen molar-refractivity contribution in [2.24, 2.45) is 0 Å². The number of nitriles is 1. The lowest BCUT2D eigenvalue weighted by molar-refractivity contribution is 0.539. The maximum atomic E-state index is 13.2. The summed E-state index contributed by atoms with van der Waals surface area (Å²) in [6, 6.07) is 3.77. The summed E-state index contributed by atoms with van der Waals surface area (Å²) in [6.45, 7) is 2.62. The molecule has 1 N–H and O–H groups in total. The molecular formula is C10H10F2N2. The molecule has 1 aromatic carbocycles. The molecule has 0 aliphatic rings. The summed E-state index contributed by atoms with van der Waals surface area (Å²) in [6.07, 6.45) is 0. The van der Waals surface area contributed by atoms with Crippen LogP contribution in [0.3, 0.4) is 0 Å². The summed E-state index contributed by atoms with van der Waals surface area (Å²) >= 11 is 0. The monoisotopic (exact) mass is 196 g/mol. The lowest BCUT2D eigenvalue weighted by Crippen LogP contribution is -2.14. The summed E-state index contributed by atoms with van der Waals surface area (Å²) in [5, 5.41) is 11.3. The molecule has 14 heavy (non-hydrogen) atoms. The highest BCUT2D eigenvalue weighted by atomic mass is 19.1. The van der Waals surface area contributed by atoms with E-state index in [0.717, 1.165) is 12.1 Å². The molecule has 0 unspecified atom stereocenters. The minimum atomic E-state index is -0.678. The first-order valence-corrected chi connectivity index (χ1v) is 4.27. The zero-order valence-corrected chi connectivity index (χ0v) is 7.77. The molecule has 0 fully saturated rings. The van der Waals surface area contributed by atoms with E-state index in [-0.39, 0.29) is 17.7 Å². The van der Waals surface area contributed by atoms with Crippen LogP contribution < -0.4 is 5.32 Å². The lowest BCUT2D eigenvalue weighted by atomic mass is 10.1. The lowest BCUT2D eigenvalue weighted by Gasteiger charge is -2.05. The molecule has 0 amide bonds. The Balaban J connectivity index is 3.01. The van der Waals surface area contributed by atoms with Crippen molar-refractivity contribution in [3.63, 3.8) is 0 Å². The fourth-order valence-corrected chi connectivity index (χ4v) is 1.09. The number of hydrogen-bond donors (Lipinski definition) is 1. The topological polar surface area (TPSA) is 35.8 Å². The number of benzene rings is 1. The highest BCUT2D eigenvalue weighted by molar-refractivity contribution is 5.34. The van der Waals surface area contributed by atoms with E-state index in [9.17, 15) is 8.78 Å². The Morgan fingerprint density at radius 1 is 1.36 bits per heavy atom. The molecule has 0 radical (unpaired) electrons. The zero-order chi connectivity index (χ0) is 10.6. The van der Waals surface area contributed by atoms with Crippen LogP contribution in [0.1, 0.15) is 18.1 Å². The van der Waals surface area contributed by atoms with Crippen LogP contribution >= 0.6 is 0 Å². The van der Waals surface area contributed by atoms with Crippen molar-refractivity contribution in [3.8, 4) is 6.07 Å². The summed E-state index contributed by atoms with van der Waals surface area (Å²) in [5.74, 6) is -1.36. The number of nitrogens with one attached hydrogen (secondary N) is 1. The van der Waals surface area contributed by atoms with Crippen LogP contribution in [-0.2, 0) is 6.54 Å². The van der Waals surface area contributed by atoms with Crippen molar-refractivity contribution in [1.29, 1.82) is 5.26 Å². The first-order valence-electron chi connectivity index (χ1n) is 4.27. The van der Waals surface area contributed by atoms with E-state index in [0.29, 0.717) is 6.54 Å². The highest BCUT2D eigenvalue weighted by Gasteiger charge is 2.09. The molecule has 4 heteroatoms. The third-order valence-corrected chi connectivity index (χ3v) is 1.82. The van der Waals surface area contributed by atoms with Crippen LogP contribution in [0.5, 0.6) is 0 Å². The second-order valence-electron chi connectivity index (χ2n) is 2.81. The third-order valence-electron chi connectivity index (χ3n) is 1.82. The van der Waals surface area contributed by atoms with Crippen LogP contribution in [0.25, 0.3) is 0 Å². The van der Waals surface area contributed by atoms with Gasteiger partial charge in [-0.05, 0) is 18.7 Å². The van der Waals surface area contributed by atoms with Gasteiger partial charge in [-0.2, -0.15) is 5.26 Å². The molecule has 1 rings (SSSR count). The first kappa shape index (κ1) is 10.6. The number of rotatable bonds is 3. The molecule has 0 saturated carbocycles. The molecule has 0 aliphatic heterocycles. The average molecular weight is 196 g/mol. The third kappa shape index (κ3) is 2.27. The maximum absolute atomic E-state index is 13.2. The zero-order valence-electron chi connectivity index (χ0n) is 7.77. The molecule has 0 heterocycles. The number of hydrogen-bond acceptors (Lipinski definition) is 2. The van der Waals surface area contributed by atoms with E-state index >= 15 is 0 Å². The van der Waals surface area contributed by atoms with Gasteiger partial charge < -0.3 is 5.32 Å². The predicted octanol–water partition coefficient (Wildman–Crippen LogP) is 1.95. The van der Waals surface area contributed by atoms with E-state index < -0.39 is 11.6 Å². The van der Waals surface area contributed by atoms with Crippen molar-refractivity contribution < 1.29 is 8.78 Å². The van der Waals surface area contributed by atoms with Crippen LogP contribution in [0.2, 0.25) is 0 Å². The number of halogens is 2. The maximum Gasteiger partial charge on any atom is 0.131 e. The molecule has 0 saturated heterocycles. The van der Waals surface area contributed by atoms with E-state index in [1.807, 2.05) is 6.92 Å². The van der Waals surface area contributed by atoms with E-state index in [4.69, 9.17) is 5.26 Å². The van der Waals surface area contributed by atoms with E-state index in [1.165, 1.54) is 0 Å². The van der Waals surface area contributed by atoms with Gasteiger partial charge in [0.1, 0.15) is 11.6 Å². The van der Waals surface area contributed by atoms with Crippen LogP contribution in [0.4, 0.5) is 8.78 Å². The van der Waals surface area contributed by atoms with Crippen molar-refractivity contribution >= 4 is 0 Å². The quantitative estimate of drug-likeness (QED) is 0.802. The van der Waals surface area contributed by atoms with Crippen molar-refractivity contribution in [3.05, 3.63) is 34.9 Å². The Labute approximate surface area is 81.2 Å². The smallest absolute Gasteiger partial charge is 0.131 e. The molecule has 74 valence electrons. The minimum Gasteiger partial charge on any atom is -0.313 e. The van der Waals surface area contributed by atoms with Gasteiger partial charge in [0.05, 0.1) is 11.6 Å². The Bertz CT molecular complexity index is 346. The van der Waals surface area contributed by atoms with E-state index in [2.05, 4.69) is 5.32 Å². The van der Waals surface area contributed by atoms with Crippen LogP contribution in [-0.4, -0.2) is 6.54 Å². The van der Waals surface area contributed by atoms with Crippen molar-refractivity contribution in [2.75, 3.05) is 6.54 Å². The molecule has 0 spiro atoms. The van der Waals surface area contributed by atoms with Gasteiger partial charge in [0.15, 0.2) is 0 Å². The van der Waals surface area contributed by atoms with Crippen molar-refractivity contribution in [2.45, 2.75) is 13.5 Å². The Morgan fingerprint density at radius 3 is 2.36 bits per heavy atom. The first-order chi connectivity index (χ1) is 6.69. The van der Waals surface area contributed by atoms with Gasteiger partial charge in [0, 0.05) is 12.1 Å². The predicted molar refractivity (Wildman–Crippen MR) is 48.5 cm³/mol. The molecule has 2 nitrogen and oxygen atoms in total. The molecule has 0 bridgehead atoms. The van der Waals surface area contributed by atoms with E-state index in [1.54, 1.807) is 6.07 Å². The highest BCUT2D eigenvalue weighted by Crippen LogP contribution is 2.14. The Hall–Kier alpha value is -1.47. The molecule has 1 aromatic rings. The van der Waals surface area contributed by atoms with Crippen LogP contribution in [0, 0.1) is 23.0 Å². The van der Waals surface area contributed by atoms with Gasteiger partial charge in [-0.3, -0.25) is 0 Å². The minimum absolute atomic E-state index is 0.000230. The molecule has 0 aromatic heterocycles. The van der Waals surface area contributed by atoms with Gasteiger partial charge >= 0.3 is 0 Å². The summed E-state index contributed by atoms with van der Waals surface area (Å²) in [5.41, 5.74) is -0.0221. The SMILES string of the molecule is CCNCc1c(F)cc(C#N)cc1F. The van der Waals surface area contributed by atoms with Gasteiger partial charge in [0.25, 0.3) is 0 Å². The summed E-state index contributed by atoms with van der Waals surface area (Å²) in [4.78, 5) is 0. The fourth-order valence-electron chi connectivity index (χ4n) is 1.09. The summed E-state index contributed by atoms with van der Waals surface area (Å²) < 4.78 is 26.4. The second kappa shape index (κ2) is 4.68. The number of nitrogens with zero attached hydrogens (tertiary/aromatic N) is 1. The van der Waals surface area contributed by atoms with Gasteiger partial charge in [-0.1, -0.05) is 6.92 Å². The summed E-state index contributed by atoms with van der Waals surface area (Å²) in [7, 11) is 0. The van der Waals surface area contributed by atoms with Gasteiger partial charge in [-0.25, -0.2) is 8.78 Å². The average Bonchev–Trinajstić information content (AvgIpc) is 2.16. The van der Waals surface area contributed by atoms with Gasteiger partial charge in [0.2, 0.25) is 0 Å². The van der Waals surface area contributed by atoms with Crippen LogP contribution in [0.15, 0.2) is 12.1 Å². The molecular weight excluding hydrogens is 186 g/mol. The Kier molecular flexibility index (Phi) is 3.55. The molecule has 0 aliphatic carbocycles. The Morgan fingerprint density at radius 2 is 1.93 bits per heavy atom. The standard InChI is InChI=1S/C10H10F2N2/c1-2-14-6-8-9(11)3-7(5-13)4-10(8)12/h3-4,14H,2,6H2,1H3. The molecule has 0 atom stereocenters. The fraction of sp³-hybridized carbons (Fsp3) is 0.300. The normalized spacial score (nSPS) is 9.86. The van der Waals surface area contributed by atoms with Gasteiger partial charge in [-0.15, -0.1) is 0 Å². The second-order valence-corrected chi connectivity index (χ2v) is 2.81. The largest absolute Gasteiger partial charge is 0.313 e.